The average Bonchev–Trinajstić information content (AvgIpc) is 3.07. The van der Waals surface area contributed by atoms with Crippen LogP contribution in [0.2, 0.25) is 5.02 Å². The number of halogens is 1. The summed E-state index contributed by atoms with van der Waals surface area (Å²) in [6.07, 6.45) is 2.55. The van der Waals surface area contributed by atoms with Gasteiger partial charge in [-0.15, -0.1) is 0 Å². The van der Waals surface area contributed by atoms with Crippen molar-refractivity contribution in [1.82, 2.24) is 14.9 Å². The van der Waals surface area contributed by atoms with Gasteiger partial charge in [-0.05, 0) is 50.2 Å². The predicted molar refractivity (Wildman–Crippen MR) is 119 cm³/mol. The molecule has 152 valence electrons. The number of rotatable bonds is 8. The Hall–Kier alpha value is -2.64. The second-order valence-electron chi connectivity index (χ2n) is 6.39. The Labute approximate surface area is 180 Å². The molecule has 0 bridgehead atoms. The minimum Gasteiger partial charge on any atom is -0.490 e. The standard InChI is InChI=1S/C21H23ClN4O2S/c1-4-10-28-19-17(22)11-15(12-18(19)27-5-2)13-23-26-20(24-25-21(26)29)16-8-6-14(3)7-9-16/h6-9,11-13H,4-5,10H2,1-3H3,(H,25,29)/b23-13+. The number of aromatic amines is 1. The molecule has 0 aliphatic carbocycles. The number of aryl methyl sites for hydroxylation is 1. The molecule has 0 fully saturated rings. The summed E-state index contributed by atoms with van der Waals surface area (Å²) < 4.78 is 13.4. The van der Waals surface area contributed by atoms with Crippen LogP contribution in [0, 0.1) is 11.7 Å². The lowest BCUT2D eigenvalue weighted by molar-refractivity contribution is 0.277. The molecule has 0 saturated heterocycles. The first-order valence-electron chi connectivity index (χ1n) is 9.41. The summed E-state index contributed by atoms with van der Waals surface area (Å²) >= 11 is 11.8. The molecule has 29 heavy (non-hydrogen) atoms. The monoisotopic (exact) mass is 430 g/mol. The minimum atomic E-state index is 0.399. The maximum absolute atomic E-state index is 6.43. The number of nitrogens with one attached hydrogen (secondary N) is 1. The fourth-order valence-corrected chi connectivity index (χ4v) is 3.14. The average molecular weight is 431 g/mol. The summed E-state index contributed by atoms with van der Waals surface area (Å²) in [6, 6.07) is 11.6. The molecular weight excluding hydrogens is 408 g/mol. The molecule has 0 aliphatic heterocycles. The van der Waals surface area contributed by atoms with Gasteiger partial charge in [-0.25, -0.2) is 5.10 Å². The Morgan fingerprint density at radius 2 is 1.97 bits per heavy atom. The van der Waals surface area contributed by atoms with Gasteiger partial charge in [0.15, 0.2) is 17.3 Å². The van der Waals surface area contributed by atoms with Crippen molar-refractivity contribution in [2.24, 2.45) is 5.10 Å². The fraction of sp³-hybridized carbons (Fsp3) is 0.286. The molecule has 1 heterocycles. The van der Waals surface area contributed by atoms with Crippen LogP contribution in [0.5, 0.6) is 11.5 Å². The van der Waals surface area contributed by atoms with Gasteiger partial charge in [-0.1, -0.05) is 48.4 Å². The summed E-state index contributed by atoms with van der Waals surface area (Å²) in [7, 11) is 0. The lowest BCUT2D eigenvalue weighted by atomic mass is 10.1. The Morgan fingerprint density at radius 1 is 1.21 bits per heavy atom. The molecule has 0 saturated carbocycles. The highest BCUT2D eigenvalue weighted by atomic mass is 35.5. The predicted octanol–water partition coefficient (Wildman–Crippen LogP) is 5.64. The second kappa shape index (κ2) is 9.71. The number of ether oxygens (including phenoxy) is 2. The third kappa shape index (κ3) is 5.05. The Morgan fingerprint density at radius 3 is 2.66 bits per heavy atom. The van der Waals surface area contributed by atoms with Crippen molar-refractivity contribution < 1.29 is 9.47 Å². The van der Waals surface area contributed by atoms with Crippen molar-refractivity contribution in [3.05, 3.63) is 57.3 Å². The zero-order valence-electron chi connectivity index (χ0n) is 16.6. The molecule has 0 atom stereocenters. The van der Waals surface area contributed by atoms with Gasteiger partial charge in [-0.3, -0.25) is 0 Å². The van der Waals surface area contributed by atoms with Gasteiger partial charge in [0, 0.05) is 5.56 Å². The number of H-pyrrole nitrogens is 1. The van der Waals surface area contributed by atoms with Crippen molar-refractivity contribution in [3.8, 4) is 22.9 Å². The van der Waals surface area contributed by atoms with Gasteiger partial charge in [0.05, 0.1) is 24.5 Å². The summed E-state index contributed by atoms with van der Waals surface area (Å²) in [6.45, 7) is 7.06. The van der Waals surface area contributed by atoms with Crippen LogP contribution in [0.15, 0.2) is 41.5 Å². The van der Waals surface area contributed by atoms with Crippen LogP contribution in [0.25, 0.3) is 11.4 Å². The van der Waals surface area contributed by atoms with E-state index in [4.69, 9.17) is 33.3 Å². The van der Waals surface area contributed by atoms with Crippen molar-refractivity contribution in [1.29, 1.82) is 0 Å². The Balaban J connectivity index is 1.95. The SMILES string of the molecule is CCCOc1c(Cl)cc(/C=N/n2c(-c3ccc(C)cc3)n[nH]c2=S)cc1OCC. The van der Waals surface area contributed by atoms with E-state index in [1.807, 2.05) is 51.1 Å². The highest BCUT2D eigenvalue weighted by Crippen LogP contribution is 2.36. The number of nitrogens with zero attached hydrogens (tertiary/aromatic N) is 3. The van der Waals surface area contributed by atoms with Gasteiger partial charge in [0.25, 0.3) is 0 Å². The zero-order chi connectivity index (χ0) is 20.8. The minimum absolute atomic E-state index is 0.399. The van der Waals surface area contributed by atoms with Crippen molar-refractivity contribution in [2.75, 3.05) is 13.2 Å². The summed E-state index contributed by atoms with van der Waals surface area (Å²) in [5.74, 6) is 1.77. The number of hydrogen-bond donors (Lipinski definition) is 1. The topological polar surface area (TPSA) is 64.4 Å². The van der Waals surface area contributed by atoms with Gasteiger partial charge < -0.3 is 9.47 Å². The first-order valence-corrected chi connectivity index (χ1v) is 10.2. The van der Waals surface area contributed by atoms with E-state index < -0.39 is 0 Å². The van der Waals surface area contributed by atoms with E-state index in [1.165, 1.54) is 5.56 Å². The van der Waals surface area contributed by atoms with Crippen LogP contribution in [0.1, 0.15) is 31.4 Å². The van der Waals surface area contributed by atoms with E-state index >= 15 is 0 Å². The van der Waals surface area contributed by atoms with E-state index in [2.05, 4.69) is 15.3 Å². The lowest BCUT2D eigenvalue weighted by Gasteiger charge is -2.13. The van der Waals surface area contributed by atoms with Gasteiger partial charge in [-0.2, -0.15) is 14.9 Å². The van der Waals surface area contributed by atoms with Crippen molar-refractivity contribution in [2.45, 2.75) is 27.2 Å². The van der Waals surface area contributed by atoms with Crippen molar-refractivity contribution in [3.63, 3.8) is 0 Å². The van der Waals surface area contributed by atoms with E-state index in [0.29, 0.717) is 40.3 Å². The third-order valence-corrected chi connectivity index (χ3v) is 4.61. The van der Waals surface area contributed by atoms with E-state index in [-0.39, 0.29) is 0 Å². The van der Waals surface area contributed by atoms with Gasteiger partial charge >= 0.3 is 0 Å². The summed E-state index contributed by atoms with van der Waals surface area (Å²) in [4.78, 5) is 0. The van der Waals surface area contributed by atoms with Crippen molar-refractivity contribution >= 4 is 30.0 Å². The molecule has 2 aromatic carbocycles. The fourth-order valence-electron chi connectivity index (χ4n) is 2.68. The maximum Gasteiger partial charge on any atom is 0.216 e. The van der Waals surface area contributed by atoms with E-state index in [1.54, 1.807) is 17.0 Å². The summed E-state index contributed by atoms with van der Waals surface area (Å²) in [5, 5.41) is 12.1. The van der Waals surface area contributed by atoms with E-state index in [0.717, 1.165) is 17.5 Å². The molecule has 8 heteroatoms. The molecular formula is C21H23ClN4O2S. The number of hydrogen-bond acceptors (Lipinski definition) is 5. The molecule has 3 rings (SSSR count). The molecule has 0 spiro atoms. The van der Waals surface area contributed by atoms with Crippen LogP contribution >= 0.6 is 23.8 Å². The normalized spacial score (nSPS) is 11.2. The molecule has 6 nitrogen and oxygen atoms in total. The maximum atomic E-state index is 6.43. The first kappa shape index (κ1) is 21.1. The van der Waals surface area contributed by atoms with Crippen LogP contribution < -0.4 is 9.47 Å². The zero-order valence-corrected chi connectivity index (χ0v) is 18.2. The molecule has 0 unspecified atom stereocenters. The quantitative estimate of drug-likeness (QED) is 0.371. The van der Waals surface area contributed by atoms with Crippen LogP contribution in [0.4, 0.5) is 0 Å². The van der Waals surface area contributed by atoms with Crippen LogP contribution in [-0.4, -0.2) is 34.3 Å². The lowest BCUT2D eigenvalue weighted by Crippen LogP contribution is -2.02. The highest BCUT2D eigenvalue weighted by molar-refractivity contribution is 7.71. The van der Waals surface area contributed by atoms with Gasteiger partial charge in [0.2, 0.25) is 4.77 Å². The Bertz CT molecular complexity index is 1060. The number of benzene rings is 2. The highest BCUT2D eigenvalue weighted by Gasteiger charge is 2.13. The Kier molecular flexibility index (Phi) is 7.06. The summed E-state index contributed by atoms with van der Waals surface area (Å²) in [5.41, 5.74) is 2.85. The van der Waals surface area contributed by atoms with Crippen LogP contribution in [-0.2, 0) is 0 Å². The molecule has 3 aromatic rings. The van der Waals surface area contributed by atoms with Crippen LogP contribution in [0.3, 0.4) is 0 Å². The molecule has 1 N–H and O–H groups in total. The first-order chi connectivity index (χ1) is 14.0. The van der Waals surface area contributed by atoms with Gasteiger partial charge in [0.1, 0.15) is 0 Å². The number of aromatic nitrogens is 3. The molecule has 1 aromatic heterocycles. The molecule has 0 radical (unpaired) electrons. The molecule has 0 amide bonds. The third-order valence-electron chi connectivity index (χ3n) is 4.06. The van der Waals surface area contributed by atoms with E-state index in [9.17, 15) is 0 Å². The second-order valence-corrected chi connectivity index (χ2v) is 7.18. The smallest absolute Gasteiger partial charge is 0.216 e. The molecule has 0 aliphatic rings. The largest absolute Gasteiger partial charge is 0.490 e.